The zero-order valence-corrected chi connectivity index (χ0v) is 19.5. The predicted octanol–water partition coefficient (Wildman–Crippen LogP) is 3.37. The third kappa shape index (κ3) is 4.49. The van der Waals surface area contributed by atoms with Gasteiger partial charge in [-0.05, 0) is 65.4 Å². The molecule has 1 aromatic heterocycles. The molecule has 4 rings (SSSR count). The molecule has 0 aliphatic carbocycles. The quantitative estimate of drug-likeness (QED) is 0.773. The summed E-state index contributed by atoms with van der Waals surface area (Å²) in [5.74, 6) is 0.606. The van der Waals surface area contributed by atoms with Crippen molar-refractivity contribution >= 4 is 22.7 Å². The molecule has 2 N–H and O–H groups in total. The van der Waals surface area contributed by atoms with Gasteiger partial charge in [0, 0.05) is 47.8 Å². The Kier molecular flexibility index (Phi) is 5.86. The van der Waals surface area contributed by atoms with Crippen LogP contribution in [0.1, 0.15) is 62.5 Å². The molecule has 0 saturated carbocycles. The predicted molar refractivity (Wildman–Crippen MR) is 124 cm³/mol. The van der Waals surface area contributed by atoms with Gasteiger partial charge < -0.3 is 15.2 Å². The van der Waals surface area contributed by atoms with Crippen LogP contribution in [0.4, 0.5) is 0 Å². The first-order valence-electron chi connectivity index (χ1n) is 11.5. The lowest BCUT2D eigenvalue weighted by Crippen LogP contribution is -2.52. The van der Waals surface area contributed by atoms with E-state index in [4.69, 9.17) is 0 Å². The molecule has 1 unspecified atom stereocenters. The van der Waals surface area contributed by atoms with Crippen molar-refractivity contribution in [2.75, 3.05) is 13.1 Å². The van der Waals surface area contributed by atoms with Crippen LogP contribution in [-0.4, -0.2) is 52.0 Å². The minimum absolute atomic E-state index is 0.0219. The molecule has 31 heavy (non-hydrogen) atoms. The van der Waals surface area contributed by atoms with Crippen LogP contribution in [-0.2, 0) is 11.8 Å². The van der Waals surface area contributed by atoms with Crippen molar-refractivity contribution in [3.8, 4) is 0 Å². The molecular weight excluding hydrogens is 388 g/mol. The fourth-order valence-electron chi connectivity index (χ4n) is 5.57. The summed E-state index contributed by atoms with van der Waals surface area (Å²) >= 11 is 0. The minimum Gasteiger partial charge on any atom is -0.352 e. The molecule has 1 aromatic carbocycles. The number of nitrogens with one attached hydrogen (secondary N) is 2. The molecule has 0 spiro atoms. The lowest BCUT2D eigenvalue weighted by atomic mass is 9.90. The number of nitrogens with zero attached hydrogens (tertiary/aromatic N) is 2. The summed E-state index contributed by atoms with van der Waals surface area (Å²) in [6, 6.07) is 8.98. The number of hydrogen-bond donors (Lipinski definition) is 2. The Balaban J connectivity index is 1.36. The van der Waals surface area contributed by atoms with Crippen molar-refractivity contribution in [2.45, 2.75) is 71.0 Å². The lowest BCUT2D eigenvalue weighted by Gasteiger charge is -2.39. The van der Waals surface area contributed by atoms with E-state index in [1.165, 1.54) is 0 Å². The van der Waals surface area contributed by atoms with Crippen LogP contribution < -0.4 is 10.6 Å². The Hall–Kier alpha value is -2.34. The van der Waals surface area contributed by atoms with Gasteiger partial charge in [-0.25, -0.2) is 0 Å². The van der Waals surface area contributed by atoms with Gasteiger partial charge in [0.2, 0.25) is 5.91 Å². The van der Waals surface area contributed by atoms with E-state index in [9.17, 15) is 9.59 Å². The second-order valence-corrected chi connectivity index (χ2v) is 10.4. The second-order valence-electron chi connectivity index (χ2n) is 10.4. The maximum absolute atomic E-state index is 13.1. The molecule has 3 atom stereocenters. The monoisotopic (exact) mass is 424 g/mol. The number of carbonyl (C=O) groups is 2. The molecule has 2 amide bonds. The normalized spacial score (nSPS) is 23.8. The topological polar surface area (TPSA) is 66.4 Å². The third-order valence-electron chi connectivity index (χ3n) is 7.00. The van der Waals surface area contributed by atoms with Crippen molar-refractivity contribution in [3.63, 3.8) is 0 Å². The van der Waals surface area contributed by atoms with E-state index < -0.39 is 0 Å². The van der Waals surface area contributed by atoms with Crippen LogP contribution in [0, 0.1) is 12.8 Å². The van der Waals surface area contributed by atoms with E-state index in [0.29, 0.717) is 31.1 Å². The molecule has 6 nitrogen and oxygen atoms in total. The standard InChI is InChI=1S/C25H36N4O2/c1-16-23(20-8-6-7-9-21(20)28(16)5)24(31)26-14-17-12-18-10-11-19(13-17)29(18)15-22(30)27-25(2,3)4/h6-9,17-19H,10-15H2,1-5H3,(H,26,31)(H,27,30)/t17?,18-,19+. The first kappa shape index (κ1) is 21.9. The van der Waals surface area contributed by atoms with Crippen LogP contribution >= 0.6 is 0 Å². The van der Waals surface area contributed by atoms with Gasteiger partial charge in [0.15, 0.2) is 0 Å². The third-order valence-corrected chi connectivity index (χ3v) is 7.00. The molecule has 0 radical (unpaired) electrons. The highest BCUT2D eigenvalue weighted by atomic mass is 16.2. The molecule has 2 aliphatic rings. The second kappa shape index (κ2) is 8.30. The fraction of sp³-hybridized carbons (Fsp3) is 0.600. The lowest BCUT2D eigenvalue weighted by molar-refractivity contribution is -0.125. The van der Waals surface area contributed by atoms with Crippen molar-refractivity contribution in [3.05, 3.63) is 35.5 Å². The number of rotatable bonds is 5. The summed E-state index contributed by atoms with van der Waals surface area (Å²) in [4.78, 5) is 27.9. The fourth-order valence-corrected chi connectivity index (χ4v) is 5.57. The van der Waals surface area contributed by atoms with E-state index in [-0.39, 0.29) is 17.4 Å². The highest BCUT2D eigenvalue weighted by Gasteiger charge is 2.41. The van der Waals surface area contributed by atoms with E-state index in [2.05, 4.69) is 26.2 Å². The van der Waals surface area contributed by atoms with Crippen molar-refractivity contribution in [1.82, 2.24) is 20.1 Å². The van der Waals surface area contributed by atoms with Crippen LogP contribution in [0.15, 0.2) is 24.3 Å². The number of para-hydroxylation sites is 1. The number of amides is 2. The Morgan fingerprint density at radius 2 is 1.74 bits per heavy atom. The number of benzene rings is 1. The van der Waals surface area contributed by atoms with Gasteiger partial charge in [-0.15, -0.1) is 0 Å². The Morgan fingerprint density at radius 3 is 2.39 bits per heavy atom. The van der Waals surface area contributed by atoms with Crippen LogP contribution in [0.25, 0.3) is 10.9 Å². The molecule has 2 bridgehead atoms. The molecule has 2 aromatic rings. The van der Waals surface area contributed by atoms with Gasteiger partial charge in [-0.1, -0.05) is 18.2 Å². The molecule has 168 valence electrons. The van der Waals surface area contributed by atoms with E-state index in [0.717, 1.165) is 47.8 Å². The molecule has 6 heteroatoms. The van der Waals surface area contributed by atoms with Gasteiger partial charge >= 0.3 is 0 Å². The molecule has 2 fully saturated rings. The zero-order chi connectivity index (χ0) is 22.3. The summed E-state index contributed by atoms with van der Waals surface area (Å²) in [6.07, 6.45) is 4.41. The molecule has 2 saturated heterocycles. The van der Waals surface area contributed by atoms with E-state index in [1.807, 2.05) is 52.9 Å². The largest absolute Gasteiger partial charge is 0.352 e. The summed E-state index contributed by atoms with van der Waals surface area (Å²) in [7, 11) is 2.01. The van der Waals surface area contributed by atoms with Crippen LogP contribution in [0.5, 0.6) is 0 Å². The number of carbonyl (C=O) groups excluding carboxylic acids is 2. The molecule has 2 aliphatic heterocycles. The number of aromatic nitrogens is 1. The maximum atomic E-state index is 13.1. The van der Waals surface area contributed by atoms with Crippen LogP contribution in [0.3, 0.4) is 0 Å². The zero-order valence-electron chi connectivity index (χ0n) is 19.5. The van der Waals surface area contributed by atoms with Gasteiger partial charge in [-0.3, -0.25) is 14.5 Å². The number of piperidine rings is 1. The Labute approximate surface area is 185 Å². The van der Waals surface area contributed by atoms with E-state index in [1.54, 1.807) is 0 Å². The first-order valence-corrected chi connectivity index (χ1v) is 11.5. The minimum atomic E-state index is -0.196. The van der Waals surface area contributed by atoms with Gasteiger partial charge in [-0.2, -0.15) is 0 Å². The first-order chi connectivity index (χ1) is 14.6. The van der Waals surface area contributed by atoms with Crippen molar-refractivity contribution in [1.29, 1.82) is 0 Å². The maximum Gasteiger partial charge on any atom is 0.253 e. The molecular formula is C25H36N4O2. The Bertz CT molecular complexity index is 973. The van der Waals surface area contributed by atoms with Crippen molar-refractivity contribution in [2.24, 2.45) is 13.0 Å². The van der Waals surface area contributed by atoms with Crippen molar-refractivity contribution < 1.29 is 9.59 Å². The van der Waals surface area contributed by atoms with Gasteiger partial charge in [0.1, 0.15) is 0 Å². The number of hydrogen-bond acceptors (Lipinski definition) is 3. The summed E-state index contributed by atoms with van der Waals surface area (Å²) in [5.41, 5.74) is 2.68. The van der Waals surface area contributed by atoms with Gasteiger partial charge in [0.25, 0.3) is 5.91 Å². The summed E-state index contributed by atoms with van der Waals surface area (Å²) in [6.45, 7) is 9.26. The van der Waals surface area contributed by atoms with E-state index >= 15 is 0 Å². The average Bonchev–Trinajstić information content (AvgIpc) is 3.07. The number of aryl methyl sites for hydroxylation is 1. The SMILES string of the molecule is Cc1c(C(=O)NCC2C[C@H]3CC[C@@H](C2)N3CC(=O)NC(C)(C)C)c2ccccc2n1C. The molecule has 3 heterocycles. The van der Waals surface area contributed by atoms with Crippen LogP contribution in [0.2, 0.25) is 0 Å². The summed E-state index contributed by atoms with van der Waals surface area (Å²) in [5, 5.41) is 7.32. The Morgan fingerprint density at radius 1 is 1.10 bits per heavy atom. The number of fused-ring (bicyclic) bond motifs is 3. The highest BCUT2D eigenvalue weighted by Crippen LogP contribution is 2.38. The van der Waals surface area contributed by atoms with Gasteiger partial charge in [0.05, 0.1) is 12.1 Å². The highest BCUT2D eigenvalue weighted by molar-refractivity contribution is 6.08. The summed E-state index contributed by atoms with van der Waals surface area (Å²) < 4.78 is 2.09. The smallest absolute Gasteiger partial charge is 0.253 e. The average molecular weight is 425 g/mol.